The van der Waals surface area contributed by atoms with Crippen molar-refractivity contribution in [2.24, 2.45) is 5.73 Å². The molecular weight excluding hydrogens is 262 g/mol. The second-order valence-corrected chi connectivity index (χ2v) is 7.04. The van der Waals surface area contributed by atoms with Crippen LogP contribution in [-0.4, -0.2) is 32.6 Å². The number of benzene rings is 1. The number of hydrogen-bond acceptors (Lipinski definition) is 4. The summed E-state index contributed by atoms with van der Waals surface area (Å²) < 4.78 is 28.4. The molecule has 0 amide bonds. The molecule has 5 heteroatoms. The Morgan fingerprint density at radius 1 is 1.26 bits per heavy atom. The van der Waals surface area contributed by atoms with E-state index in [0.717, 1.165) is 24.2 Å². The van der Waals surface area contributed by atoms with Crippen LogP contribution in [0.2, 0.25) is 0 Å². The van der Waals surface area contributed by atoms with Gasteiger partial charge in [0.25, 0.3) is 0 Å². The normalized spacial score (nSPS) is 13.2. The zero-order valence-electron chi connectivity index (χ0n) is 11.6. The number of para-hydroxylation sites is 1. The van der Waals surface area contributed by atoms with Gasteiger partial charge in [0, 0.05) is 11.8 Å². The van der Waals surface area contributed by atoms with Gasteiger partial charge in [0.1, 0.15) is 12.4 Å². The molecule has 0 saturated heterocycles. The van der Waals surface area contributed by atoms with Gasteiger partial charge in [0.15, 0.2) is 9.84 Å². The van der Waals surface area contributed by atoms with Gasteiger partial charge in [-0.1, -0.05) is 32.0 Å². The Labute approximate surface area is 115 Å². The molecule has 4 nitrogen and oxygen atoms in total. The van der Waals surface area contributed by atoms with Crippen LogP contribution < -0.4 is 10.5 Å². The van der Waals surface area contributed by atoms with Gasteiger partial charge in [0.05, 0.1) is 5.75 Å². The summed E-state index contributed by atoms with van der Waals surface area (Å²) in [5.74, 6) is 0.939. The van der Waals surface area contributed by atoms with E-state index < -0.39 is 9.84 Å². The van der Waals surface area contributed by atoms with Gasteiger partial charge >= 0.3 is 0 Å². The molecule has 1 atom stereocenters. The number of ether oxygens (including phenoxy) is 1. The Morgan fingerprint density at radius 3 is 2.58 bits per heavy atom. The van der Waals surface area contributed by atoms with Crippen LogP contribution >= 0.6 is 0 Å². The third kappa shape index (κ3) is 5.61. The molecule has 0 aromatic heterocycles. The largest absolute Gasteiger partial charge is 0.492 e. The number of sulfone groups is 1. The maximum absolute atomic E-state index is 11.4. The minimum Gasteiger partial charge on any atom is -0.492 e. The quantitative estimate of drug-likeness (QED) is 0.790. The minimum absolute atomic E-state index is 0.0532. The molecule has 1 aromatic carbocycles. The fourth-order valence-corrected chi connectivity index (χ4v) is 2.29. The van der Waals surface area contributed by atoms with Crippen LogP contribution in [0.25, 0.3) is 0 Å². The lowest BCUT2D eigenvalue weighted by Gasteiger charge is -2.14. The molecule has 1 unspecified atom stereocenters. The van der Waals surface area contributed by atoms with Crippen LogP contribution in [0.1, 0.15) is 25.8 Å². The molecule has 0 aliphatic rings. The van der Waals surface area contributed by atoms with Gasteiger partial charge in [0.2, 0.25) is 0 Å². The first-order chi connectivity index (χ1) is 8.98. The maximum Gasteiger partial charge on any atom is 0.153 e. The van der Waals surface area contributed by atoms with Crippen molar-refractivity contribution in [2.45, 2.75) is 32.7 Å². The van der Waals surface area contributed by atoms with E-state index in [1.165, 1.54) is 0 Å². The average molecular weight is 285 g/mol. The zero-order valence-corrected chi connectivity index (χ0v) is 12.4. The summed E-state index contributed by atoms with van der Waals surface area (Å²) in [6.45, 7) is 3.88. The second kappa shape index (κ2) is 7.50. The Balaban J connectivity index is 2.63. The smallest absolute Gasteiger partial charge is 0.153 e. The van der Waals surface area contributed by atoms with E-state index in [2.05, 4.69) is 0 Å². The van der Waals surface area contributed by atoms with E-state index in [1.54, 1.807) is 6.92 Å². The van der Waals surface area contributed by atoms with E-state index in [1.807, 2.05) is 31.2 Å². The highest BCUT2D eigenvalue weighted by Gasteiger charge is 2.10. The van der Waals surface area contributed by atoms with Gasteiger partial charge in [-0.25, -0.2) is 8.42 Å². The van der Waals surface area contributed by atoms with Crippen molar-refractivity contribution >= 4 is 9.84 Å². The Morgan fingerprint density at radius 2 is 1.95 bits per heavy atom. The third-order valence-electron chi connectivity index (χ3n) is 3.07. The molecule has 1 aromatic rings. The minimum atomic E-state index is -2.98. The molecule has 0 aliphatic heterocycles. The fourth-order valence-electron chi connectivity index (χ4n) is 1.66. The molecule has 0 radical (unpaired) electrons. The van der Waals surface area contributed by atoms with Crippen molar-refractivity contribution in [3.05, 3.63) is 29.8 Å². The van der Waals surface area contributed by atoms with E-state index in [0.29, 0.717) is 0 Å². The number of rotatable bonds is 8. The first-order valence-electron chi connectivity index (χ1n) is 6.65. The van der Waals surface area contributed by atoms with Crippen LogP contribution in [-0.2, 0) is 16.3 Å². The molecular formula is C14H23NO3S. The predicted molar refractivity (Wildman–Crippen MR) is 78.2 cm³/mol. The lowest BCUT2D eigenvalue weighted by Crippen LogP contribution is -2.22. The molecule has 1 rings (SSSR count). The summed E-state index contributed by atoms with van der Waals surface area (Å²) in [6.07, 6.45) is 1.64. The topological polar surface area (TPSA) is 69.4 Å². The van der Waals surface area contributed by atoms with Gasteiger partial charge in [-0.05, 0) is 24.5 Å². The molecule has 0 bridgehead atoms. The molecule has 2 N–H and O–H groups in total. The summed E-state index contributed by atoms with van der Waals surface area (Å²) in [5, 5.41) is 0. The van der Waals surface area contributed by atoms with Gasteiger partial charge in [-0.2, -0.15) is 0 Å². The monoisotopic (exact) mass is 285 g/mol. The van der Waals surface area contributed by atoms with E-state index in [9.17, 15) is 8.42 Å². The molecule has 19 heavy (non-hydrogen) atoms. The molecule has 0 heterocycles. The van der Waals surface area contributed by atoms with E-state index in [-0.39, 0.29) is 24.2 Å². The highest BCUT2D eigenvalue weighted by Crippen LogP contribution is 2.19. The predicted octanol–water partition coefficient (Wildman–Crippen LogP) is 1.78. The van der Waals surface area contributed by atoms with Gasteiger partial charge < -0.3 is 10.5 Å². The molecule has 0 aliphatic carbocycles. The van der Waals surface area contributed by atoms with Crippen molar-refractivity contribution in [3.8, 4) is 5.75 Å². The summed E-state index contributed by atoms with van der Waals surface area (Å²) in [7, 11) is -2.98. The van der Waals surface area contributed by atoms with Gasteiger partial charge in [-0.3, -0.25) is 0 Å². The first-order valence-corrected chi connectivity index (χ1v) is 8.47. The summed E-state index contributed by atoms with van der Waals surface area (Å²) in [6, 6.07) is 7.75. The summed E-state index contributed by atoms with van der Waals surface area (Å²) >= 11 is 0. The summed E-state index contributed by atoms with van der Waals surface area (Å²) in [4.78, 5) is 0. The van der Waals surface area contributed by atoms with Crippen LogP contribution in [0.3, 0.4) is 0 Å². The van der Waals surface area contributed by atoms with E-state index in [4.69, 9.17) is 10.5 Å². The lowest BCUT2D eigenvalue weighted by molar-refractivity contribution is 0.336. The van der Waals surface area contributed by atoms with Crippen molar-refractivity contribution in [1.82, 2.24) is 0 Å². The molecule has 0 spiro atoms. The third-order valence-corrected chi connectivity index (χ3v) is 4.74. The van der Waals surface area contributed by atoms with Crippen LogP contribution in [0.4, 0.5) is 0 Å². The highest BCUT2D eigenvalue weighted by molar-refractivity contribution is 7.91. The SMILES string of the molecule is CCC(N)Cc1ccccc1OCCS(=O)(=O)CC. The first kappa shape index (κ1) is 16.0. The van der Waals surface area contributed by atoms with Crippen LogP contribution in [0, 0.1) is 0 Å². The maximum atomic E-state index is 11.4. The Bertz CT molecular complexity index is 485. The standard InChI is InChI=1S/C14H23NO3S/c1-3-13(15)11-12-7-5-6-8-14(12)18-9-10-19(16,17)4-2/h5-8,13H,3-4,9-11,15H2,1-2H3. The fraction of sp³-hybridized carbons (Fsp3) is 0.571. The Kier molecular flexibility index (Phi) is 6.31. The van der Waals surface area contributed by atoms with Gasteiger partial charge in [-0.15, -0.1) is 0 Å². The summed E-state index contributed by atoms with van der Waals surface area (Å²) in [5.41, 5.74) is 6.97. The number of hydrogen-bond donors (Lipinski definition) is 1. The Hall–Kier alpha value is -1.07. The van der Waals surface area contributed by atoms with Crippen LogP contribution in [0.5, 0.6) is 5.75 Å². The lowest BCUT2D eigenvalue weighted by atomic mass is 10.0. The van der Waals surface area contributed by atoms with Crippen molar-refractivity contribution in [2.75, 3.05) is 18.1 Å². The van der Waals surface area contributed by atoms with Crippen molar-refractivity contribution in [3.63, 3.8) is 0 Å². The van der Waals surface area contributed by atoms with Crippen LogP contribution in [0.15, 0.2) is 24.3 Å². The number of nitrogens with two attached hydrogens (primary N) is 1. The molecule has 0 fully saturated rings. The second-order valence-electron chi connectivity index (χ2n) is 4.57. The average Bonchev–Trinajstić information content (AvgIpc) is 2.40. The van der Waals surface area contributed by atoms with Crippen molar-refractivity contribution in [1.29, 1.82) is 0 Å². The molecule has 0 saturated carbocycles. The zero-order chi connectivity index (χ0) is 14.3. The highest BCUT2D eigenvalue weighted by atomic mass is 32.2. The van der Waals surface area contributed by atoms with E-state index >= 15 is 0 Å². The molecule has 108 valence electrons. The van der Waals surface area contributed by atoms with Crippen molar-refractivity contribution < 1.29 is 13.2 Å².